The normalized spacial score (nSPS) is 10.6. The molecule has 0 fully saturated rings. The minimum atomic E-state index is -4.71. The van der Waals surface area contributed by atoms with Crippen molar-refractivity contribution in [3.05, 3.63) is 41.5 Å². The number of phosphoric acid groups is 1. The van der Waals surface area contributed by atoms with Gasteiger partial charge < -0.3 is 26.3 Å². The van der Waals surface area contributed by atoms with Crippen molar-refractivity contribution in [2.45, 2.75) is 0 Å². The third kappa shape index (κ3) is 8.17. The fraction of sp³-hybridized carbons (Fsp3) is 0.222. The van der Waals surface area contributed by atoms with E-state index >= 15 is 0 Å². The van der Waals surface area contributed by atoms with E-state index in [0.717, 1.165) is 5.56 Å². The summed E-state index contributed by atoms with van der Waals surface area (Å²) in [4.78, 5) is 18.1. The van der Waals surface area contributed by atoms with Crippen LogP contribution in [-0.4, -0.2) is 38.2 Å². The summed E-state index contributed by atoms with van der Waals surface area (Å²) in [6.45, 7) is 0. The Labute approximate surface area is 216 Å². The number of ether oxygens (including phenoxy) is 4. The van der Waals surface area contributed by atoms with Gasteiger partial charge >= 0.3 is 66.9 Å². The van der Waals surface area contributed by atoms with Crippen LogP contribution in [0.5, 0.6) is 28.7 Å². The molecule has 0 amide bonds. The third-order valence-corrected chi connectivity index (χ3v) is 3.99. The van der Waals surface area contributed by atoms with Crippen molar-refractivity contribution in [1.82, 2.24) is 0 Å². The van der Waals surface area contributed by atoms with Crippen LogP contribution in [0, 0.1) is 0 Å². The maximum atomic E-state index is 11.1. The van der Waals surface area contributed by atoms with Gasteiger partial charge in [-0.2, -0.15) is 0 Å². The van der Waals surface area contributed by atoms with Gasteiger partial charge in [0.1, 0.15) is 0 Å². The molecular formula is C18H23Na2O8P. The maximum absolute atomic E-state index is 11.1. The Hall–Kier alpha value is -0.670. The van der Waals surface area contributed by atoms with Crippen LogP contribution in [0.15, 0.2) is 30.3 Å². The van der Waals surface area contributed by atoms with Crippen LogP contribution >= 0.6 is 7.82 Å². The summed E-state index contributed by atoms with van der Waals surface area (Å²) in [5.41, 5.74) is 1.42. The largest absolute Gasteiger partial charge is 1.00 e. The van der Waals surface area contributed by atoms with Gasteiger partial charge in [0.2, 0.25) is 5.75 Å². The molecule has 0 aliphatic heterocycles. The van der Waals surface area contributed by atoms with E-state index in [1.807, 2.05) is 0 Å². The number of methoxy groups -OCH3 is 4. The number of hydrogen-bond donors (Lipinski definition) is 2. The minimum absolute atomic E-state index is 0. The smallest absolute Gasteiger partial charge is 1.00 e. The second kappa shape index (κ2) is 12.9. The van der Waals surface area contributed by atoms with Crippen LogP contribution in [-0.2, 0) is 4.57 Å². The fourth-order valence-electron chi connectivity index (χ4n) is 2.39. The van der Waals surface area contributed by atoms with Gasteiger partial charge in [0.15, 0.2) is 23.0 Å². The van der Waals surface area contributed by atoms with Gasteiger partial charge in [-0.25, -0.2) is 4.57 Å². The van der Waals surface area contributed by atoms with Crippen LogP contribution in [0.3, 0.4) is 0 Å². The predicted molar refractivity (Wildman–Crippen MR) is 103 cm³/mol. The van der Waals surface area contributed by atoms with Crippen molar-refractivity contribution in [2.24, 2.45) is 0 Å². The number of rotatable bonds is 8. The van der Waals surface area contributed by atoms with E-state index in [1.165, 1.54) is 34.5 Å². The summed E-state index contributed by atoms with van der Waals surface area (Å²) in [6, 6.07) is 8.29. The number of benzene rings is 2. The van der Waals surface area contributed by atoms with E-state index in [2.05, 4.69) is 4.52 Å². The van der Waals surface area contributed by atoms with E-state index in [4.69, 9.17) is 28.7 Å². The van der Waals surface area contributed by atoms with E-state index in [1.54, 1.807) is 36.4 Å². The first-order valence-electron chi connectivity index (χ1n) is 7.72. The molecule has 8 nitrogen and oxygen atoms in total. The maximum Gasteiger partial charge on any atom is 1.00 e. The number of phosphoric ester groups is 1. The van der Waals surface area contributed by atoms with Crippen LogP contribution in [0.1, 0.15) is 14.0 Å². The Bertz CT molecular complexity index is 868. The van der Waals surface area contributed by atoms with Crippen molar-refractivity contribution < 1.29 is 99.8 Å². The van der Waals surface area contributed by atoms with E-state index in [0.29, 0.717) is 22.8 Å². The zero-order chi connectivity index (χ0) is 20.0. The Morgan fingerprint density at radius 3 is 1.69 bits per heavy atom. The first-order valence-corrected chi connectivity index (χ1v) is 9.25. The van der Waals surface area contributed by atoms with E-state index in [-0.39, 0.29) is 73.5 Å². The number of hydrogen-bond acceptors (Lipinski definition) is 6. The van der Waals surface area contributed by atoms with Crippen molar-refractivity contribution in [3.8, 4) is 28.7 Å². The SMILES string of the molecule is COc1ccc(/C=C\c2cc(OC)c(OC)c(OC)c2)cc1OP(=O)(O)O.[H-].[H-].[Na+].[Na+]. The van der Waals surface area contributed by atoms with E-state index < -0.39 is 7.82 Å². The molecule has 2 rings (SSSR count). The first kappa shape index (κ1) is 28.3. The standard InChI is InChI=1S/C18H21O8P.2Na.2H/c1-22-14-8-7-12(9-15(14)26-27(19,20)21)5-6-13-10-16(23-2)18(25-4)17(11-13)24-3;;;;/h5-11H,1-4H3,(H2,19,20,21);;;;/q;2*+1;2*-1/b6-5-;;;;. The predicted octanol–water partition coefficient (Wildman–Crippen LogP) is -2.40. The molecule has 2 aromatic carbocycles. The molecule has 29 heavy (non-hydrogen) atoms. The molecule has 150 valence electrons. The quantitative estimate of drug-likeness (QED) is 0.264. The van der Waals surface area contributed by atoms with Gasteiger partial charge in [-0.05, 0) is 35.4 Å². The molecule has 0 aliphatic rings. The van der Waals surface area contributed by atoms with Crippen molar-refractivity contribution in [2.75, 3.05) is 28.4 Å². The monoisotopic (exact) mass is 444 g/mol. The molecule has 2 N–H and O–H groups in total. The van der Waals surface area contributed by atoms with Gasteiger partial charge in [0.05, 0.1) is 28.4 Å². The zero-order valence-corrected chi connectivity index (χ0v) is 22.2. The van der Waals surface area contributed by atoms with Crippen LogP contribution in [0.4, 0.5) is 0 Å². The molecule has 0 aromatic heterocycles. The molecule has 2 aromatic rings. The summed E-state index contributed by atoms with van der Waals surface area (Å²) >= 11 is 0. The molecule has 11 heteroatoms. The topological polar surface area (TPSA) is 104 Å². The molecular weight excluding hydrogens is 421 g/mol. The Morgan fingerprint density at radius 2 is 1.24 bits per heavy atom. The molecule has 0 unspecified atom stereocenters. The molecule has 0 bridgehead atoms. The average molecular weight is 444 g/mol. The second-order valence-electron chi connectivity index (χ2n) is 5.28. The Kier molecular flexibility index (Phi) is 12.6. The second-order valence-corrected chi connectivity index (χ2v) is 6.45. The van der Waals surface area contributed by atoms with Crippen LogP contribution in [0.2, 0.25) is 0 Å². The molecule has 0 saturated carbocycles. The average Bonchev–Trinajstić information content (AvgIpc) is 2.64. The van der Waals surface area contributed by atoms with E-state index in [9.17, 15) is 4.57 Å². The van der Waals surface area contributed by atoms with Crippen LogP contribution < -0.4 is 82.6 Å². The summed E-state index contributed by atoms with van der Waals surface area (Å²) < 4.78 is 36.8. The van der Waals surface area contributed by atoms with Crippen molar-refractivity contribution in [1.29, 1.82) is 0 Å². The Balaban J connectivity index is -0.00000196. The molecule has 0 atom stereocenters. The zero-order valence-electron chi connectivity index (χ0n) is 19.3. The third-order valence-electron chi connectivity index (χ3n) is 3.56. The van der Waals surface area contributed by atoms with Gasteiger partial charge in [-0.1, -0.05) is 18.2 Å². The first-order chi connectivity index (χ1) is 12.8. The van der Waals surface area contributed by atoms with Crippen molar-refractivity contribution >= 4 is 20.0 Å². The molecule has 0 radical (unpaired) electrons. The summed E-state index contributed by atoms with van der Waals surface area (Å²) in [5, 5.41) is 0. The summed E-state index contributed by atoms with van der Waals surface area (Å²) in [6.07, 6.45) is 3.53. The molecule has 0 heterocycles. The summed E-state index contributed by atoms with van der Waals surface area (Å²) in [5.74, 6) is 1.66. The van der Waals surface area contributed by atoms with Crippen LogP contribution in [0.25, 0.3) is 12.2 Å². The Morgan fingerprint density at radius 1 is 0.759 bits per heavy atom. The van der Waals surface area contributed by atoms with Gasteiger partial charge in [0, 0.05) is 0 Å². The molecule has 0 saturated heterocycles. The van der Waals surface area contributed by atoms with Gasteiger partial charge in [0.25, 0.3) is 0 Å². The fourth-order valence-corrected chi connectivity index (χ4v) is 2.79. The molecule has 0 spiro atoms. The molecule has 0 aliphatic carbocycles. The van der Waals surface area contributed by atoms with Gasteiger partial charge in [-0.3, -0.25) is 9.79 Å². The van der Waals surface area contributed by atoms with Gasteiger partial charge in [-0.15, -0.1) is 0 Å². The van der Waals surface area contributed by atoms with Crippen molar-refractivity contribution in [3.63, 3.8) is 0 Å². The summed E-state index contributed by atoms with van der Waals surface area (Å²) in [7, 11) is 1.26. The minimum Gasteiger partial charge on any atom is -1.00 e.